The molecule has 2 amide bonds. The van der Waals surface area contributed by atoms with E-state index >= 15 is 0 Å². The molecule has 8 heteroatoms. The minimum absolute atomic E-state index is 0.0482. The van der Waals surface area contributed by atoms with Gasteiger partial charge in [-0.2, -0.15) is 0 Å². The summed E-state index contributed by atoms with van der Waals surface area (Å²) in [7, 11) is 0. The minimum atomic E-state index is -1.29. The molecule has 1 rings (SSSR count). The Morgan fingerprint density at radius 2 is 2.00 bits per heavy atom. The Bertz CT molecular complexity index is 466. The fraction of sp³-hybridized carbons (Fsp3) is 0.273. The standard InChI is InChI=1S/C11H13N3O4S/c12-9(15)5-8(11(17)18)14-10(16)6-19-7-1-3-13-4-2-7/h1-4,8H,5-6H2,(H2,12,15)(H,14,16)(H,17,18)/t8-/m1/s1. The van der Waals surface area contributed by atoms with Gasteiger partial charge in [0, 0.05) is 17.3 Å². The first-order valence-corrected chi connectivity index (χ1v) is 6.31. The lowest BCUT2D eigenvalue weighted by molar-refractivity contribution is -0.143. The van der Waals surface area contributed by atoms with Crippen LogP contribution in [0, 0.1) is 0 Å². The molecule has 0 radical (unpaired) electrons. The quantitative estimate of drug-likeness (QED) is 0.586. The maximum Gasteiger partial charge on any atom is 0.326 e. The van der Waals surface area contributed by atoms with E-state index in [2.05, 4.69) is 10.3 Å². The molecule has 7 nitrogen and oxygen atoms in total. The van der Waals surface area contributed by atoms with Crippen LogP contribution in [-0.2, 0) is 14.4 Å². The van der Waals surface area contributed by atoms with Crippen molar-refractivity contribution in [1.29, 1.82) is 0 Å². The molecule has 1 heterocycles. The second-order valence-electron chi connectivity index (χ2n) is 3.60. The van der Waals surface area contributed by atoms with Crippen LogP contribution >= 0.6 is 11.8 Å². The van der Waals surface area contributed by atoms with Gasteiger partial charge in [0.1, 0.15) is 6.04 Å². The molecule has 102 valence electrons. The van der Waals surface area contributed by atoms with Gasteiger partial charge in [-0.3, -0.25) is 14.6 Å². The molecule has 1 aromatic heterocycles. The molecule has 0 aliphatic rings. The number of nitrogens with zero attached hydrogens (tertiary/aromatic N) is 1. The third kappa shape index (κ3) is 5.87. The van der Waals surface area contributed by atoms with Gasteiger partial charge in [-0.25, -0.2) is 4.79 Å². The summed E-state index contributed by atoms with van der Waals surface area (Å²) in [4.78, 5) is 37.7. The van der Waals surface area contributed by atoms with Crippen LogP contribution in [0.1, 0.15) is 6.42 Å². The van der Waals surface area contributed by atoms with Crippen LogP contribution in [0.5, 0.6) is 0 Å². The fourth-order valence-electron chi connectivity index (χ4n) is 1.22. The Morgan fingerprint density at radius 1 is 1.37 bits per heavy atom. The van der Waals surface area contributed by atoms with E-state index in [-0.39, 0.29) is 5.75 Å². The highest BCUT2D eigenvalue weighted by Crippen LogP contribution is 2.15. The first-order valence-electron chi connectivity index (χ1n) is 5.32. The minimum Gasteiger partial charge on any atom is -0.480 e. The molecule has 19 heavy (non-hydrogen) atoms. The monoisotopic (exact) mass is 283 g/mol. The van der Waals surface area contributed by atoms with Gasteiger partial charge in [0.15, 0.2) is 0 Å². The first kappa shape index (κ1) is 15.0. The average Bonchev–Trinajstić information content (AvgIpc) is 2.36. The number of primary amides is 1. The second kappa shape index (κ2) is 7.37. The van der Waals surface area contributed by atoms with Crippen LogP contribution in [0.2, 0.25) is 0 Å². The Labute approximate surface area is 113 Å². The van der Waals surface area contributed by atoms with Crippen molar-refractivity contribution < 1.29 is 19.5 Å². The van der Waals surface area contributed by atoms with Crippen LogP contribution in [0.15, 0.2) is 29.4 Å². The normalized spacial score (nSPS) is 11.6. The number of carbonyl (C=O) groups is 3. The number of aromatic nitrogens is 1. The largest absolute Gasteiger partial charge is 0.480 e. The summed E-state index contributed by atoms with van der Waals surface area (Å²) in [6.07, 6.45) is 2.75. The lowest BCUT2D eigenvalue weighted by atomic mass is 10.2. The van der Waals surface area contributed by atoms with Gasteiger partial charge in [-0.05, 0) is 12.1 Å². The number of hydrogen-bond acceptors (Lipinski definition) is 5. The molecule has 0 spiro atoms. The zero-order valence-electron chi connectivity index (χ0n) is 9.91. The van der Waals surface area contributed by atoms with E-state index in [9.17, 15) is 14.4 Å². The molecule has 1 atom stereocenters. The first-order chi connectivity index (χ1) is 8.99. The third-order valence-corrected chi connectivity index (χ3v) is 3.07. The molecule has 0 unspecified atom stereocenters. The zero-order valence-corrected chi connectivity index (χ0v) is 10.7. The van der Waals surface area contributed by atoms with E-state index in [1.165, 1.54) is 11.8 Å². The SMILES string of the molecule is NC(=O)C[C@@H](NC(=O)CSc1ccncc1)C(=O)O. The van der Waals surface area contributed by atoms with Crippen LogP contribution in [0.4, 0.5) is 0 Å². The predicted octanol–water partition coefficient (Wildman–Crippen LogP) is -0.382. The molecular weight excluding hydrogens is 270 g/mol. The molecule has 1 aromatic rings. The number of carboxylic acid groups (broad SMARTS) is 1. The van der Waals surface area contributed by atoms with Crippen molar-refractivity contribution in [2.24, 2.45) is 5.73 Å². The number of nitrogens with two attached hydrogens (primary N) is 1. The van der Waals surface area contributed by atoms with Gasteiger partial charge in [0.05, 0.1) is 12.2 Å². The molecule has 0 bridgehead atoms. The molecule has 0 saturated carbocycles. The highest BCUT2D eigenvalue weighted by Gasteiger charge is 2.21. The number of aliphatic carboxylic acids is 1. The number of carbonyl (C=O) groups excluding carboxylic acids is 2. The summed E-state index contributed by atoms with van der Waals surface area (Å²) in [6.45, 7) is 0. The van der Waals surface area contributed by atoms with Crippen molar-refractivity contribution in [3.05, 3.63) is 24.5 Å². The molecular formula is C11H13N3O4S. The summed E-state index contributed by atoms with van der Waals surface area (Å²) in [5.41, 5.74) is 4.91. The Kier molecular flexibility index (Phi) is 5.80. The number of amides is 2. The van der Waals surface area contributed by atoms with Gasteiger partial charge < -0.3 is 16.2 Å². The van der Waals surface area contributed by atoms with Crippen molar-refractivity contribution >= 4 is 29.5 Å². The van der Waals surface area contributed by atoms with Crippen molar-refractivity contribution in [2.75, 3.05) is 5.75 Å². The van der Waals surface area contributed by atoms with E-state index in [1.807, 2.05) is 0 Å². The van der Waals surface area contributed by atoms with E-state index in [4.69, 9.17) is 10.8 Å². The fourth-order valence-corrected chi connectivity index (χ4v) is 1.92. The highest BCUT2D eigenvalue weighted by molar-refractivity contribution is 8.00. The van der Waals surface area contributed by atoms with Gasteiger partial charge in [0.2, 0.25) is 11.8 Å². The summed E-state index contributed by atoms with van der Waals surface area (Å²) in [5.74, 6) is -2.50. The van der Waals surface area contributed by atoms with Crippen LogP contribution in [-0.4, -0.2) is 39.7 Å². The van der Waals surface area contributed by atoms with Crippen LogP contribution in [0.3, 0.4) is 0 Å². The molecule has 0 aromatic carbocycles. The highest BCUT2D eigenvalue weighted by atomic mass is 32.2. The van der Waals surface area contributed by atoms with E-state index in [1.54, 1.807) is 24.5 Å². The number of pyridine rings is 1. The van der Waals surface area contributed by atoms with E-state index in [0.717, 1.165) is 4.90 Å². The molecule has 0 aliphatic heterocycles. The van der Waals surface area contributed by atoms with Gasteiger partial charge >= 0.3 is 5.97 Å². The topological polar surface area (TPSA) is 122 Å². The molecule has 0 fully saturated rings. The number of carboxylic acids is 1. The summed E-state index contributed by atoms with van der Waals surface area (Å²) < 4.78 is 0. The smallest absolute Gasteiger partial charge is 0.326 e. The number of hydrogen-bond donors (Lipinski definition) is 3. The van der Waals surface area contributed by atoms with Crippen LogP contribution < -0.4 is 11.1 Å². The van der Waals surface area contributed by atoms with Crippen molar-refractivity contribution in [3.63, 3.8) is 0 Å². The van der Waals surface area contributed by atoms with Crippen LogP contribution in [0.25, 0.3) is 0 Å². The van der Waals surface area contributed by atoms with Gasteiger partial charge in [0.25, 0.3) is 0 Å². The van der Waals surface area contributed by atoms with Crippen molar-refractivity contribution in [1.82, 2.24) is 10.3 Å². The predicted molar refractivity (Wildman–Crippen MR) is 68.3 cm³/mol. The Morgan fingerprint density at radius 3 is 2.53 bits per heavy atom. The van der Waals surface area contributed by atoms with Crippen molar-refractivity contribution in [3.8, 4) is 0 Å². The van der Waals surface area contributed by atoms with E-state index < -0.39 is 30.2 Å². The van der Waals surface area contributed by atoms with E-state index in [0.29, 0.717) is 0 Å². The average molecular weight is 283 g/mol. The van der Waals surface area contributed by atoms with Gasteiger partial charge in [-0.1, -0.05) is 0 Å². The Balaban J connectivity index is 2.45. The Hall–Kier alpha value is -2.09. The third-order valence-electron chi connectivity index (χ3n) is 2.06. The van der Waals surface area contributed by atoms with Gasteiger partial charge in [-0.15, -0.1) is 11.8 Å². The number of nitrogens with one attached hydrogen (secondary N) is 1. The maximum absolute atomic E-state index is 11.5. The lowest BCUT2D eigenvalue weighted by Crippen LogP contribution is -2.44. The molecule has 0 aliphatic carbocycles. The lowest BCUT2D eigenvalue weighted by Gasteiger charge is -2.12. The second-order valence-corrected chi connectivity index (χ2v) is 4.65. The summed E-state index contributed by atoms with van der Waals surface area (Å²) in [5, 5.41) is 11.1. The number of rotatable bonds is 7. The number of thioether (sulfide) groups is 1. The molecule has 4 N–H and O–H groups in total. The van der Waals surface area contributed by atoms with Crippen molar-refractivity contribution in [2.45, 2.75) is 17.4 Å². The maximum atomic E-state index is 11.5. The summed E-state index contributed by atoms with van der Waals surface area (Å²) in [6, 6.07) is 2.18. The molecule has 0 saturated heterocycles. The summed E-state index contributed by atoms with van der Waals surface area (Å²) >= 11 is 1.24. The zero-order chi connectivity index (χ0) is 14.3.